The quantitative estimate of drug-likeness (QED) is 0.664. The molecule has 0 radical (unpaired) electrons. The average molecular weight is 451 g/mol. The number of alkyl carbamates (subject to hydrolysis) is 1. The zero-order valence-corrected chi connectivity index (χ0v) is 19.0. The molecule has 174 valence electrons. The molecule has 2 amide bonds. The number of carboxylic acid groups (broad SMARTS) is 1. The van der Waals surface area contributed by atoms with Crippen LogP contribution in [0.5, 0.6) is 0 Å². The molecule has 33 heavy (non-hydrogen) atoms. The van der Waals surface area contributed by atoms with Gasteiger partial charge in [-0.1, -0.05) is 55.0 Å². The molecule has 3 atom stereocenters. The van der Waals surface area contributed by atoms with Crippen LogP contribution in [0.1, 0.15) is 49.7 Å². The number of rotatable bonds is 7. The minimum Gasteiger partial charge on any atom is -0.480 e. The van der Waals surface area contributed by atoms with Crippen molar-refractivity contribution < 1.29 is 24.2 Å². The molecule has 1 saturated carbocycles. The standard InChI is InChI=1S/C26H30N2O5/c1-16(25(30)31)28(2)24(29)14-17-8-7-13-23(17)27-26(32)33-15-22-20-11-5-3-9-18(20)19-10-4-6-12-21(19)22/h3-6,9-12,16-17,22-23H,7-8,13-15H2,1-2H3,(H,27,32)(H,30,31)/t16-,17-,23+/m0/s1. The lowest BCUT2D eigenvalue weighted by molar-refractivity contribution is -0.148. The maximum Gasteiger partial charge on any atom is 0.407 e. The van der Waals surface area contributed by atoms with Gasteiger partial charge in [0.2, 0.25) is 5.91 Å². The summed E-state index contributed by atoms with van der Waals surface area (Å²) in [6, 6.07) is 15.3. The number of nitrogens with zero attached hydrogens (tertiary/aromatic N) is 1. The predicted octanol–water partition coefficient (Wildman–Crippen LogP) is 4.02. The largest absolute Gasteiger partial charge is 0.480 e. The number of hydrogen-bond acceptors (Lipinski definition) is 4. The van der Waals surface area contributed by atoms with Crippen LogP contribution >= 0.6 is 0 Å². The second kappa shape index (κ2) is 9.65. The zero-order chi connectivity index (χ0) is 23.5. The predicted molar refractivity (Wildman–Crippen MR) is 124 cm³/mol. The van der Waals surface area contributed by atoms with Crippen molar-refractivity contribution in [3.63, 3.8) is 0 Å². The van der Waals surface area contributed by atoms with Crippen LogP contribution in [0.15, 0.2) is 48.5 Å². The van der Waals surface area contributed by atoms with E-state index >= 15 is 0 Å². The van der Waals surface area contributed by atoms with Gasteiger partial charge < -0.3 is 20.1 Å². The molecule has 0 spiro atoms. The first-order valence-corrected chi connectivity index (χ1v) is 11.5. The van der Waals surface area contributed by atoms with Crippen molar-refractivity contribution in [3.8, 4) is 11.1 Å². The van der Waals surface area contributed by atoms with Crippen molar-refractivity contribution in [2.45, 2.75) is 50.6 Å². The highest BCUT2D eigenvalue weighted by molar-refractivity contribution is 5.83. The Morgan fingerprint density at radius 3 is 2.27 bits per heavy atom. The second-order valence-corrected chi connectivity index (χ2v) is 8.99. The van der Waals surface area contributed by atoms with Crippen molar-refractivity contribution in [3.05, 3.63) is 59.7 Å². The van der Waals surface area contributed by atoms with Crippen LogP contribution < -0.4 is 5.32 Å². The Labute approximate surface area is 193 Å². The van der Waals surface area contributed by atoms with E-state index in [4.69, 9.17) is 9.84 Å². The van der Waals surface area contributed by atoms with Crippen LogP contribution in [0.2, 0.25) is 0 Å². The van der Waals surface area contributed by atoms with Gasteiger partial charge in [-0.15, -0.1) is 0 Å². The third-order valence-corrected chi connectivity index (χ3v) is 7.07. The van der Waals surface area contributed by atoms with Gasteiger partial charge in [0.15, 0.2) is 0 Å². The normalized spacial score (nSPS) is 19.9. The van der Waals surface area contributed by atoms with Gasteiger partial charge in [-0.2, -0.15) is 0 Å². The van der Waals surface area contributed by atoms with E-state index in [0.29, 0.717) is 0 Å². The Morgan fingerprint density at radius 1 is 1.06 bits per heavy atom. The fraction of sp³-hybridized carbons (Fsp3) is 0.423. The monoisotopic (exact) mass is 450 g/mol. The van der Waals surface area contributed by atoms with Gasteiger partial charge in [-0.3, -0.25) is 4.79 Å². The summed E-state index contributed by atoms with van der Waals surface area (Å²) in [5.41, 5.74) is 4.67. The minimum absolute atomic E-state index is 0.00439. The van der Waals surface area contributed by atoms with Crippen molar-refractivity contribution in [2.75, 3.05) is 13.7 Å². The number of carbonyl (C=O) groups is 3. The summed E-state index contributed by atoms with van der Waals surface area (Å²) in [5.74, 6) is -1.29. The molecule has 4 rings (SSSR count). The van der Waals surface area contributed by atoms with E-state index in [0.717, 1.165) is 30.4 Å². The highest BCUT2D eigenvalue weighted by atomic mass is 16.5. The summed E-state index contributed by atoms with van der Waals surface area (Å²) < 4.78 is 5.65. The zero-order valence-electron chi connectivity index (χ0n) is 19.0. The summed E-state index contributed by atoms with van der Waals surface area (Å²) >= 11 is 0. The molecule has 0 aromatic heterocycles. The van der Waals surface area contributed by atoms with Crippen LogP contribution in [0.4, 0.5) is 4.79 Å². The first kappa shape index (κ1) is 22.8. The molecule has 0 heterocycles. The number of aliphatic carboxylic acids is 1. The lowest BCUT2D eigenvalue weighted by atomic mass is 9.98. The summed E-state index contributed by atoms with van der Waals surface area (Å²) in [4.78, 5) is 37.6. The first-order valence-electron chi connectivity index (χ1n) is 11.5. The number of benzene rings is 2. The number of ether oxygens (including phenoxy) is 1. The third kappa shape index (κ3) is 4.72. The van der Waals surface area contributed by atoms with Crippen molar-refractivity contribution in [1.82, 2.24) is 10.2 Å². The fourth-order valence-corrected chi connectivity index (χ4v) is 5.01. The molecule has 0 aliphatic heterocycles. The molecule has 7 heteroatoms. The van der Waals surface area contributed by atoms with E-state index in [9.17, 15) is 14.4 Å². The summed E-state index contributed by atoms with van der Waals surface area (Å²) in [7, 11) is 1.50. The molecule has 7 nitrogen and oxygen atoms in total. The Morgan fingerprint density at radius 2 is 1.67 bits per heavy atom. The van der Waals surface area contributed by atoms with Crippen molar-refractivity contribution in [1.29, 1.82) is 0 Å². The van der Waals surface area contributed by atoms with Gasteiger partial charge in [0.25, 0.3) is 0 Å². The molecule has 0 unspecified atom stereocenters. The molecule has 2 aromatic carbocycles. The maximum absolute atomic E-state index is 12.6. The van der Waals surface area contributed by atoms with Gasteiger partial charge >= 0.3 is 12.1 Å². The van der Waals surface area contributed by atoms with Crippen molar-refractivity contribution in [2.24, 2.45) is 5.92 Å². The van der Waals surface area contributed by atoms with E-state index in [2.05, 4.69) is 29.6 Å². The lowest BCUT2D eigenvalue weighted by Gasteiger charge is -2.26. The Balaban J connectivity index is 1.34. The number of hydrogen-bond donors (Lipinski definition) is 2. The topological polar surface area (TPSA) is 95.9 Å². The van der Waals surface area contributed by atoms with Crippen LogP contribution in [0, 0.1) is 5.92 Å². The number of carboxylic acids is 1. The number of carbonyl (C=O) groups excluding carboxylic acids is 2. The lowest BCUT2D eigenvalue weighted by Crippen LogP contribution is -2.43. The summed E-state index contributed by atoms with van der Waals surface area (Å²) in [6.07, 6.45) is 2.23. The number of likely N-dealkylation sites (N-methyl/N-ethyl adjacent to an activating group) is 1. The highest BCUT2D eigenvalue weighted by Crippen LogP contribution is 2.44. The van der Waals surface area contributed by atoms with Gasteiger partial charge in [0.05, 0.1) is 0 Å². The molecule has 2 N–H and O–H groups in total. The van der Waals surface area contributed by atoms with Crippen LogP contribution in [-0.2, 0) is 14.3 Å². The fourth-order valence-electron chi connectivity index (χ4n) is 5.01. The SMILES string of the molecule is C[C@@H](C(=O)O)N(C)C(=O)C[C@@H]1CCC[C@H]1NC(=O)OCC1c2ccccc2-c2ccccc21. The Kier molecular flexibility index (Phi) is 6.67. The average Bonchev–Trinajstić information content (AvgIpc) is 3.38. The molecule has 0 bridgehead atoms. The van der Waals surface area contributed by atoms with Crippen LogP contribution in [0.25, 0.3) is 11.1 Å². The van der Waals surface area contributed by atoms with Crippen molar-refractivity contribution >= 4 is 18.0 Å². The highest BCUT2D eigenvalue weighted by Gasteiger charge is 2.34. The summed E-state index contributed by atoms with van der Waals surface area (Å²) in [6.45, 7) is 1.73. The Hall–Kier alpha value is -3.35. The number of fused-ring (bicyclic) bond motifs is 3. The third-order valence-electron chi connectivity index (χ3n) is 7.07. The van der Waals surface area contributed by atoms with Gasteiger partial charge in [0.1, 0.15) is 12.6 Å². The molecule has 2 aliphatic carbocycles. The van der Waals surface area contributed by atoms with Gasteiger partial charge in [-0.25, -0.2) is 9.59 Å². The smallest absolute Gasteiger partial charge is 0.407 e. The van der Waals surface area contributed by atoms with E-state index in [1.54, 1.807) is 0 Å². The molecular formula is C26H30N2O5. The van der Waals surface area contributed by atoms with Crippen LogP contribution in [-0.4, -0.2) is 53.7 Å². The molecule has 2 aromatic rings. The molecule has 1 fully saturated rings. The maximum atomic E-state index is 12.6. The summed E-state index contributed by atoms with van der Waals surface area (Å²) in [5, 5.41) is 12.1. The molecule has 0 saturated heterocycles. The van der Waals surface area contributed by atoms with Gasteiger partial charge in [-0.05, 0) is 47.9 Å². The Bertz CT molecular complexity index is 1010. The van der Waals surface area contributed by atoms with Crippen LogP contribution in [0.3, 0.4) is 0 Å². The molecular weight excluding hydrogens is 420 g/mol. The second-order valence-electron chi connectivity index (χ2n) is 8.99. The number of amides is 2. The van der Waals surface area contributed by atoms with Gasteiger partial charge in [0, 0.05) is 25.4 Å². The van der Waals surface area contributed by atoms with E-state index in [1.165, 1.54) is 30.0 Å². The van der Waals surface area contributed by atoms with E-state index in [-0.39, 0.29) is 36.8 Å². The molecule has 2 aliphatic rings. The first-order chi connectivity index (χ1) is 15.9. The minimum atomic E-state index is -1.04. The van der Waals surface area contributed by atoms with E-state index < -0.39 is 18.1 Å². The number of nitrogens with one attached hydrogen (secondary N) is 1. The van der Waals surface area contributed by atoms with E-state index in [1.807, 2.05) is 24.3 Å².